The molecule has 0 aromatic carbocycles. The van der Waals surface area contributed by atoms with Crippen molar-refractivity contribution in [2.45, 2.75) is 32.4 Å². The van der Waals surface area contributed by atoms with Crippen LogP contribution in [-0.2, 0) is 13.1 Å². The van der Waals surface area contributed by atoms with Crippen LogP contribution in [0.3, 0.4) is 0 Å². The second-order valence-corrected chi connectivity index (χ2v) is 4.91. The van der Waals surface area contributed by atoms with Crippen molar-refractivity contribution in [1.29, 1.82) is 0 Å². The fourth-order valence-corrected chi connectivity index (χ4v) is 1.97. The predicted molar refractivity (Wildman–Crippen MR) is 71.0 cm³/mol. The molecule has 1 heterocycles. The molecule has 1 aromatic heterocycles. The first-order valence-corrected chi connectivity index (χ1v) is 7.45. The van der Waals surface area contributed by atoms with Gasteiger partial charge in [0.25, 0.3) is 0 Å². The van der Waals surface area contributed by atoms with Crippen LogP contribution in [0.5, 0.6) is 0 Å². The van der Waals surface area contributed by atoms with E-state index in [-0.39, 0.29) is 6.61 Å². The molecule has 0 unspecified atom stereocenters. The van der Waals surface area contributed by atoms with Gasteiger partial charge in [-0.15, -0.1) is 5.10 Å². The molecule has 0 aliphatic carbocycles. The first-order valence-electron chi connectivity index (χ1n) is 6.06. The predicted octanol–water partition coefficient (Wildman–Crippen LogP) is 0.893. The smallest absolute Gasteiger partial charge is 0.0964 e. The number of hydrogen-bond donors (Lipinski definition) is 2. The highest BCUT2D eigenvalue weighted by molar-refractivity contribution is 7.98. The van der Waals surface area contributed by atoms with Crippen molar-refractivity contribution in [3.63, 3.8) is 0 Å². The summed E-state index contributed by atoms with van der Waals surface area (Å²) in [4.78, 5) is 0. The van der Waals surface area contributed by atoms with Crippen LogP contribution in [0.1, 0.15) is 25.0 Å². The molecule has 0 amide bonds. The fraction of sp³-hybridized carbons (Fsp3) is 0.818. The van der Waals surface area contributed by atoms with Crippen molar-refractivity contribution < 1.29 is 5.11 Å². The van der Waals surface area contributed by atoms with Gasteiger partial charge in [0, 0.05) is 25.9 Å². The molecule has 0 atom stereocenters. The normalized spacial score (nSPS) is 10.9. The second-order valence-electron chi connectivity index (χ2n) is 3.93. The summed E-state index contributed by atoms with van der Waals surface area (Å²) < 4.78 is 1.78. The lowest BCUT2D eigenvalue weighted by atomic mass is 10.3. The van der Waals surface area contributed by atoms with Gasteiger partial charge in [0.1, 0.15) is 0 Å². The van der Waals surface area contributed by atoms with Crippen LogP contribution in [0.4, 0.5) is 0 Å². The van der Waals surface area contributed by atoms with Crippen LogP contribution in [0.2, 0.25) is 0 Å². The molecule has 0 saturated heterocycles. The van der Waals surface area contributed by atoms with Crippen molar-refractivity contribution in [3.8, 4) is 0 Å². The summed E-state index contributed by atoms with van der Waals surface area (Å²) >= 11 is 1.89. The third-order valence-corrected chi connectivity index (χ3v) is 3.09. The van der Waals surface area contributed by atoms with Gasteiger partial charge in [0.05, 0.1) is 5.69 Å². The van der Waals surface area contributed by atoms with E-state index < -0.39 is 0 Å². The molecule has 0 bridgehead atoms. The Balaban J connectivity index is 2.08. The van der Waals surface area contributed by atoms with Gasteiger partial charge in [-0.1, -0.05) is 5.21 Å². The number of nitrogens with zero attached hydrogens (tertiary/aromatic N) is 3. The van der Waals surface area contributed by atoms with E-state index in [1.165, 1.54) is 18.6 Å². The highest BCUT2D eigenvalue weighted by Gasteiger charge is 1.99. The summed E-state index contributed by atoms with van der Waals surface area (Å²) in [7, 11) is 0. The largest absolute Gasteiger partial charge is 0.396 e. The van der Waals surface area contributed by atoms with E-state index in [1.807, 2.05) is 18.0 Å². The van der Waals surface area contributed by atoms with Crippen LogP contribution >= 0.6 is 11.8 Å². The average Bonchev–Trinajstić information content (AvgIpc) is 2.79. The zero-order chi connectivity index (χ0) is 12.3. The lowest BCUT2D eigenvalue weighted by molar-refractivity contribution is 0.276. The number of unbranched alkanes of at least 4 members (excludes halogenated alkanes) is 1. The minimum Gasteiger partial charge on any atom is -0.396 e. The summed E-state index contributed by atoms with van der Waals surface area (Å²) in [5.41, 5.74) is 0.966. The number of aliphatic hydroxyl groups is 1. The Labute approximate surface area is 107 Å². The summed E-state index contributed by atoms with van der Waals surface area (Å²) in [6.07, 6.45) is 7.27. The van der Waals surface area contributed by atoms with Crippen LogP contribution in [0.15, 0.2) is 6.20 Å². The van der Waals surface area contributed by atoms with E-state index in [0.717, 1.165) is 31.7 Å². The van der Waals surface area contributed by atoms with Crippen molar-refractivity contribution in [3.05, 3.63) is 11.9 Å². The van der Waals surface area contributed by atoms with Gasteiger partial charge in [-0.25, -0.2) is 0 Å². The van der Waals surface area contributed by atoms with Gasteiger partial charge < -0.3 is 10.4 Å². The highest BCUT2D eigenvalue weighted by atomic mass is 32.2. The molecule has 0 fully saturated rings. The molecule has 17 heavy (non-hydrogen) atoms. The molecule has 2 N–H and O–H groups in total. The van der Waals surface area contributed by atoms with Crippen LogP contribution in [0, 0.1) is 0 Å². The van der Waals surface area contributed by atoms with Crippen molar-refractivity contribution in [1.82, 2.24) is 20.3 Å². The second kappa shape index (κ2) is 9.44. The topological polar surface area (TPSA) is 63.0 Å². The lowest BCUT2D eigenvalue weighted by Gasteiger charge is -2.01. The van der Waals surface area contributed by atoms with Gasteiger partial charge in [-0.05, 0) is 37.8 Å². The Morgan fingerprint density at radius 2 is 2.29 bits per heavy atom. The van der Waals surface area contributed by atoms with E-state index >= 15 is 0 Å². The van der Waals surface area contributed by atoms with Gasteiger partial charge in [0.15, 0.2) is 0 Å². The number of nitrogens with one attached hydrogen (secondary N) is 1. The Hall–Kier alpha value is -0.590. The zero-order valence-electron chi connectivity index (χ0n) is 10.4. The summed E-state index contributed by atoms with van der Waals surface area (Å²) in [5, 5.41) is 20.1. The maximum Gasteiger partial charge on any atom is 0.0964 e. The van der Waals surface area contributed by atoms with Gasteiger partial charge >= 0.3 is 0 Å². The first-order chi connectivity index (χ1) is 8.36. The molecule has 1 aromatic rings. The third kappa shape index (κ3) is 6.65. The third-order valence-electron chi connectivity index (χ3n) is 2.39. The maximum absolute atomic E-state index is 8.70. The van der Waals surface area contributed by atoms with E-state index in [1.54, 1.807) is 4.68 Å². The number of thioether (sulfide) groups is 1. The minimum absolute atomic E-state index is 0.197. The number of aryl methyl sites for hydroxylation is 1. The van der Waals surface area contributed by atoms with Crippen molar-refractivity contribution in [2.75, 3.05) is 25.2 Å². The summed E-state index contributed by atoms with van der Waals surface area (Å²) in [5.74, 6) is 1.24. The molecular formula is C11H22N4OS. The lowest BCUT2D eigenvalue weighted by Crippen LogP contribution is -2.15. The molecule has 1 rings (SSSR count). The summed E-state index contributed by atoms with van der Waals surface area (Å²) in [6.45, 7) is 2.74. The van der Waals surface area contributed by atoms with Crippen LogP contribution in [-0.4, -0.2) is 45.3 Å². The van der Waals surface area contributed by atoms with E-state index in [0.29, 0.717) is 0 Å². The number of hydrogen-bond acceptors (Lipinski definition) is 5. The van der Waals surface area contributed by atoms with Crippen molar-refractivity contribution in [2.24, 2.45) is 0 Å². The van der Waals surface area contributed by atoms with Crippen molar-refractivity contribution >= 4 is 11.8 Å². The molecule has 98 valence electrons. The number of aromatic nitrogens is 3. The molecular weight excluding hydrogens is 236 g/mol. The Morgan fingerprint density at radius 1 is 1.41 bits per heavy atom. The Bertz CT molecular complexity index is 293. The van der Waals surface area contributed by atoms with Gasteiger partial charge in [0.2, 0.25) is 0 Å². The summed E-state index contributed by atoms with van der Waals surface area (Å²) in [6, 6.07) is 0. The van der Waals surface area contributed by atoms with Crippen LogP contribution in [0.25, 0.3) is 0 Å². The quantitative estimate of drug-likeness (QED) is 0.610. The number of rotatable bonds is 10. The van der Waals surface area contributed by atoms with E-state index in [2.05, 4.69) is 21.9 Å². The minimum atomic E-state index is 0.197. The highest BCUT2D eigenvalue weighted by Crippen LogP contribution is 1.98. The molecule has 0 aliphatic rings. The molecule has 0 aliphatic heterocycles. The monoisotopic (exact) mass is 258 g/mol. The standard InChI is InChI=1S/C11H22N4OS/c1-17-8-3-2-5-12-9-11-10-15(14-13-11)6-4-7-16/h10,12,16H,2-9H2,1H3. The number of aliphatic hydroxyl groups excluding tert-OH is 1. The zero-order valence-corrected chi connectivity index (χ0v) is 11.2. The Kier molecular flexibility index (Phi) is 8.04. The fourth-order valence-electron chi connectivity index (χ4n) is 1.47. The SMILES string of the molecule is CSCCCCNCc1cn(CCCO)nn1. The average molecular weight is 258 g/mol. The van der Waals surface area contributed by atoms with Crippen LogP contribution < -0.4 is 5.32 Å². The van der Waals surface area contributed by atoms with Gasteiger partial charge in [-0.2, -0.15) is 11.8 Å². The molecule has 0 radical (unpaired) electrons. The maximum atomic E-state index is 8.70. The molecule has 0 saturated carbocycles. The van der Waals surface area contributed by atoms with E-state index in [9.17, 15) is 0 Å². The first kappa shape index (κ1) is 14.5. The molecule has 6 heteroatoms. The van der Waals surface area contributed by atoms with Gasteiger partial charge in [-0.3, -0.25) is 4.68 Å². The van der Waals surface area contributed by atoms with E-state index in [4.69, 9.17) is 5.11 Å². The molecule has 0 spiro atoms. The Morgan fingerprint density at radius 3 is 3.06 bits per heavy atom. The molecule has 5 nitrogen and oxygen atoms in total.